The molecule has 0 fully saturated rings. The molecule has 0 saturated carbocycles. The highest BCUT2D eigenvalue weighted by Crippen LogP contribution is 2.21. The average molecular weight is 207 g/mol. The third-order valence-electron chi connectivity index (χ3n) is 2.36. The van der Waals surface area contributed by atoms with Crippen molar-refractivity contribution in [3.05, 3.63) is 28.8 Å². The molecule has 0 heterocycles. The summed E-state index contributed by atoms with van der Waals surface area (Å²) in [5, 5.41) is 19.3. The maximum absolute atomic E-state index is 9.55. The van der Waals surface area contributed by atoms with Gasteiger partial charge in [0, 0.05) is 6.54 Å². The fraction of sp³-hybridized carbons (Fsp3) is 0.364. The largest absolute Gasteiger partial charge is 0.508 e. The van der Waals surface area contributed by atoms with Crippen molar-refractivity contribution in [1.29, 1.82) is 5.41 Å². The van der Waals surface area contributed by atoms with E-state index < -0.39 is 0 Å². The van der Waals surface area contributed by atoms with Gasteiger partial charge in [-0.05, 0) is 43.0 Å². The number of nitrogens with two attached hydrogens (primary N) is 1. The number of phenolic OH excluding ortho intramolecular Hbond substituents is 1. The monoisotopic (exact) mass is 207 g/mol. The number of aromatic hydroxyl groups is 1. The molecule has 1 aromatic rings. The van der Waals surface area contributed by atoms with E-state index in [0.717, 1.165) is 23.1 Å². The number of aryl methyl sites for hydroxylation is 2. The second-order valence-electron chi connectivity index (χ2n) is 3.66. The molecule has 0 amide bonds. The van der Waals surface area contributed by atoms with Gasteiger partial charge in [-0.25, -0.2) is 0 Å². The minimum atomic E-state index is -0.0241. The van der Waals surface area contributed by atoms with Crippen LogP contribution in [0.2, 0.25) is 0 Å². The molecule has 0 spiro atoms. The first-order chi connectivity index (χ1) is 7.00. The molecular formula is C11H17N3O. The van der Waals surface area contributed by atoms with E-state index in [1.165, 1.54) is 0 Å². The van der Waals surface area contributed by atoms with Crippen molar-refractivity contribution < 1.29 is 5.11 Å². The van der Waals surface area contributed by atoms with Crippen LogP contribution in [-0.4, -0.2) is 17.6 Å². The number of nitrogens with one attached hydrogen (secondary N) is 2. The maximum Gasteiger partial charge on any atom is 0.185 e. The van der Waals surface area contributed by atoms with Gasteiger partial charge in [-0.3, -0.25) is 5.41 Å². The lowest BCUT2D eigenvalue weighted by Gasteiger charge is -2.09. The number of phenols is 1. The Kier molecular flexibility index (Phi) is 3.55. The summed E-state index contributed by atoms with van der Waals surface area (Å²) >= 11 is 0. The third-order valence-corrected chi connectivity index (χ3v) is 2.36. The maximum atomic E-state index is 9.55. The van der Waals surface area contributed by atoms with Gasteiger partial charge in [-0.2, -0.15) is 0 Å². The first-order valence-corrected chi connectivity index (χ1v) is 4.87. The number of guanidine groups is 1. The Bertz CT molecular complexity index is 374. The van der Waals surface area contributed by atoms with Crippen LogP contribution in [0.5, 0.6) is 5.75 Å². The van der Waals surface area contributed by atoms with Gasteiger partial charge in [0.1, 0.15) is 5.75 Å². The summed E-state index contributed by atoms with van der Waals surface area (Å²) in [6.45, 7) is 4.49. The quantitative estimate of drug-likeness (QED) is 0.441. The Balaban J connectivity index is 2.69. The van der Waals surface area contributed by atoms with Crippen LogP contribution in [0.3, 0.4) is 0 Å². The van der Waals surface area contributed by atoms with E-state index in [9.17, 15) is 5.11 Å². The van der Waals surface area contributed by atoms with Crippen LogP contribution in [0.4, 0.5) is 0 Å². The molecule has 1 aromatic carbocycles. The SMILES string of the molecule is Cc1cc(C)c(CCNC(=N)N)cc1O. The molecule has 0 radical (unpaired) electrons. The predicted octanol–water partition coefficient (Wildman–Crippen LogP) is 1.03. The second-order valence-corrected chi connectivity index (χ2v) is 3.66. The van der Waals surface area contributed by atoms with Gasteiger partial charge in [-0.1, -0.05) is 6.07 Å². The summed E-state index contributed by atoms with van der Waals surface area (Å²) in [7, 11) is 0. The zero-order valence-electron chi connectivity index (χ0n) is 9.09. The predicted molar refractivity (Wildman–Crippen MR) is 61.2 cm³/mol. The van der Waals surface area contributed by atoms with E-state index in [-0.39, 0.29) is 5.96 Å². The van der Waals surface area contributed by atoms with Gasteiger partial charge in [-0.15, -0.1) is 0 Å². The van der Waals surface area contributed by atoms with Crippen molar-refractivity contribution in [2.45, 2.75) is 20.3 Å². The number of hydrogen-bond donors (Lipinski definition) is 4. The second kappa shape index (κ2) is 4.68. The molecule has 0 unspecified atom stereocenters. The lowest BCUT2D eigenvalue weighted by molar-refractivity contribution is 0.470. The summed E-state index contributed by atoms with van der Waals surface area (Å²) in [6.07, 6.45) is 0.749. The highest BCUT2D eigenvalue weighted by molar-refractivity contribution is 5.74. The van der Waals surface area contributed by atoms with Crippen LogP contribution in [0.1, 0.15) is 16.7 Å². The molecule has 0 aliphatic rings. The lowest BCUT2D eigenvalue weighted by atomic mass is 10.0. The fourth-order valence-corrected chi connectivity index (χ4v) is 1.49. The average Bonchev–Trinajstić information content (AvgIpc) is 2.13. The van der Waals surface area contributed by atoms with E-state index in [4.69, 9.17) is 11.1 Å². The van der Waals surface area contributed by atoms with Crippen LogP contribution in [-0.2, 0) is 6.42 Å². The Morgan fingerprint density at radius 3 is 2.67 bits per heavy atom. The minimum Gasteiger partial charge on any atom is -0.508 e. The molecule has 0 aliphatic heterocycles. The molecule has 4 nitrogen and oxygen atoms in total. The van der Waals surface area contributed by atoms with E-state index in [0.29, 0.717) is 12.3 Å². The molecule has 0 aliphatic carbocycles. The van der Waals surface area contributed by atoms with Crippen molar-refractivity contribution >= 4 is 5.96 Å². The van der Waals surface area contributed by atoms with Gasteiger partial charge in [0.25, 0.3) is 0 Å². The summed E-state index contributed by atoms with van der Waals surface area (Å²) < 4.78 is 0. The van der Waals surface area contributed by atoms with Crippen LogP contribution in [0, 0.1) is 19.3 Å². The van der Waals surface area contributed by atoms with Crippen molar-refractivity contribution in [3.63, 3.8) is 0 Å². The van der Waals surface area contributed by atoms with E-state index >= 15 is 0 Å². The Labute approximate surface area is 89.6 Å². The first kappa shape index (κ1) is 11.4. The fourth-order valence-electron chi connectivity index (χ4n) is 1.49. The Morgan fingerprint density at radius 1 is 1.40 bits per heavy atom. The minimum absolute atomic E-state index is 0.0241. The van der Waals surface area contributed by atoms with Gasteiger partial charge >= 0.3 is 0 Å². The van der Waals surface area contributed by atoms with Crippen molar-refractivity contribution in [1.82, 2.24) is 5.32 Å². The van der Waals surface area contributed by atoms with Gasteiger partial charge in [0.15, 0.2) is 5.96 Å². The molecule has 0 atom stereocenters. The number of hydrogen-bond acceptors (Lipinski definition) is 2. The molecule has 15 heavy (non-hydrogen) atoms. The first-order valence-electron chi connectivity index (χ1n) is 4.87. The highest BCUT2D eigenvalue weighted by atomic mass is 16.3. The van der Waals surface area contributed by atoms with Crippen molar-refractivity contribution in [2.75, 3.05) is 6.54 Å². The summed E-state index contributed by atoms with van der Waals surface area (Å²) in [6, 6.07) is 3.73. The summed E-state index contributed by atoms with van der Waals surface area (Å²) in [4.78, 5) is 0. The normalized spacial score (nSPS) is 10.0. The standard InChI is InChI=1S/C11H17N3O/c1-7-5-8(2)10(15)6-9(7)3-4-14-11(12)13/h5-6,15H,3-4H2,1-2H3,(H4,12,13,14). The van der Waals surface area contributed by atoms with Crippen LogP contribution >= 0.6 is 0 Å². The Hall–Kier alpha value is -1.71. The van der Waals surface area contributed by atoms with Gasteiger partial charge < -0.3 is 16.2 Å². The summed E-state index contributed by atoms with van der Waals surface area (Å²) in [5.74, 6) is 0.294. The lowest BCUT2D eigenvalue weighted by Crippen LogP contribution is -2.31. The molecule has 0 saturated heterocycles. The van der Waals surface area contributed by atoms with Crippen molar-refractivity contribution in [3.8, 4) is 5.75 Å². The number of benzene rings is 1. The number of rotatable bonds is 3. The summed E-state index contributed by atoms with van der Waals surface area (Å²) in [5.41, 5.74) is 8.28. The molecular weight excluding hydrogens is 190 g/mol. The van der Waals surface area contributed by atoms with Gasteiger partial charge in [0.2, 0.25) is 0 Å². The van der Waals surface area contributed by atoms with Crippen molar-refractivity contribution in [2.24, 2.45) is 5.73 Å². The van der Waals surface area contributed by atoms with E-state index in [1.54, 1.807) is 6.07 Å². The highest BCUT2D eigenvalue weighted by Gasteiger charge is 2.03. The van der Waals surface area contributed by atoms with E-state index in [2.05, 4.69) is 5.32 Å². The third kappa shape index (κ3) is 3.16. The molecule has 4 heteroatoms. The molecule has 1 rings (SSSR count). The molecule has 0 aromatic heterocycles. The van der Waals surface area contributed by atoms with Crippen LogP contribution in [0.15, 0.2) is 12.1 Å². The zero-order valence-corrected chi connectivity index (χ0v) is 9.09. The Morgan fingerprint density at radius 2 is 2.07 bits per heavy atom. The van der Waals surface area contributed by atoms with Crippen LogP contribution in [0.25, 0.3) is 0 Å². The van der Waals surface area contributed by atoms with Crippen LogP contribution < -0.4 is 11.1 Å². The molecule has 5 N–H and O–H groups in total. The molecule has 82 valence electrons. The van der Waals surface area contributed by atoms with Gasteiger partial charge in [0.05, 0.1) is 0 Å². The smallest absolute Gasteiger partial charge is 0.185 e. The topological polar surface area (TPSA) is 82.1 Å². The molecule has 0 bridgehead atoms. The van der Waals surface area contributed by atoms with E-state index in [1.807, 2.05) is 19.9 Å². The zero-order chi connectivity index (χ0) is 11.4.